The van der Waals surface area contributed by atoms with Gasteiger partial charge in [-0.3, -0.25) is 9.69 Å². The number of amides is 1. The number of fused-ring (bicyclic) bond motifs is 1. The number of likely N-dealkylation sites (tertiary alicyclic amines) is 1. The highest BCUT2D eigenvalue weighted by atomic mass is 19.1. The Morgan fingerprint density at radius 3 is 2.89 bits per heavy atom. The van der Waals surface area contributed by atoms with E-state index >= 15 is 0 Å². The first-order valence-electron chi connectivity index (χ1n) is 9.77. The minimum absolute atomic E-state index is 0.0300. The predicted octanol–water partition coefficient (Wildman–Crippen LogP) is 4.58. The van der Waals surface area contributed by atoms with Gasteiger partial charge < -0.3 is 9.73 Å². The third-order valence-electron chi connectivity index (χ3n) is 5.49. The summed E-state index contributed by atoms with van der Waals surface area (Å²) in [6.07, 6.45) is 1.88. The average Bonchev–Trinajstić information content (AvgIpc) is 3.00. The first-order chi connectivity index (χ1) is 13.5. The Balaban J connectivity index is 1.44. The van der Waals surface area contributed by atoms with Crippen molar-refractivity contribution in [2.45, 2.75) is 39.3 Å². The van der Waals surface area contributed by atoms with E-state index in [-0.39, 0.29) is 17.8 Å². The number of nitrogens with one attached hydrogen (secondary N) is 1. The molecule has 1 aromatic heterocycles. The topological polar surface area (TPSA) is 45.5 Å². The molecular formula is C23H25FN2O2. The fourth-order valence-electron chi connectivity index (χ4n) is 3.98. The first-order valence-corrected chi connectivity index (χ1v) is 9.77. The molecule has 1 N–H and O–H groups in total. The molecule has 4 rings (SSSR count). The Morgan fingerprint density at radius 1 is 1.25 bits per heavy atom. The zero-order valence-electron chi connectivity index (χ0n) is 16.3. The number of nitrogens with zero attached hydrogens (tertiary/aromatic N) is 1. The molecule has 0 aliphatic carbocycles. The van der Waals surface area contributed by atoms with Crippen molar-refractivity contribution in [3.05, 3.63) is 70.7 Å². The maximum atomic E-state index is 13.9. The molecule has 2 heterocycles. The van der Waals surface area contributed by atoms with Crippen molar-refractivity contribution in [1.29, 1.82) is 0 Å². The number of hydrogen-bond acceptors (Lipinski definition) is 3. The monoisotopic (exact) mass is 380 g/mol. The lowest BCUT2D eigenvalue weighted by atomic mass is 10.0. The van der Waals surface area contributed by atoms with Crippen molar-refractivity contribution in [3.63, 3.8) is 0 Å². The molecule has 0 radical (unpaired) electrons. The Morgan fingerprint density at radius 2 is 2.07 bits per heavy atom. The minimum Gasteiger partial charge on any atom is -0.451 e. The van der Waals surface area contributed by atoms with Gasteiger partial charge >= 0.3 is 0 Å². The van der Waals surface area contributed by atoms with Crippen LogP contribution in [0.4, 0.5) is 4.39 Å². The van der Waals surface area contributed by atoms with Crippen LogP contribution in [0.1, 0.15) is 40.1 Å². The van der Waals surface area contributed by atoms with Crippen molar-refractivity contribution in [3.8, 4) is 0 Å². The summed E-state index contributed by atoms with van der Waals surface area (Å²) in [6.45, 7) is 6.09. The number of aryl methyl sites for hydroxylation is 2. The molecule has 2 aromatic carbocycles. The number of carbonyl (C=O) groups excluding carboxylic acids is 1. The second kappa shape index (κ2) is 7.76. The van der Waals surface area contributed by atoms with E-state index in [0.717, 1.165) is 41.5 Å². The molecule has 1 amide bonds. The van der Waals surface area contributed by atoms with E-state index in [1.54, 1.807) is 6.07 Å². The number of hydrogen-bond donors (Lipinski definition) is 1. The van der Waals surface area contributed by atoms with Crippen molar-refractivity contribution in [2.24, 2.45) is 0 Å². The van der Waals surface area contributed by atoms with Gasteiger partial charge in [-0.05, 0) is 50.9 Å². The minimum atomic E-state index is -0.179. The van der Waals surface area contributed by atoms with E-state index in [9.17, 15) is 9.18 Å². The molecule has 1 saturated heterocycles. The van der Waals surface area contributed by atoms with E-state index in [0.29, 0.717) is 24.4 Å². The molecule has 4 nitrogen and oxygen atoms in total. The molecule has 1 aliphatic heterocycles. The summed E-state index contributed by atoms with van der Waals surface area (Å²) >= 11 is 0. The fraction of sp³-hybridized carbons (Fsp3) is 0.348. The zero-order valence-corrected chi connectivity index (χ0v) is 16.3. The summed E-state index contributed by atoms with van der Waals surface area (Å²) in [7, 11) is 0. The van der Waals surface area contributed by atoms with E-state index in [4.69, 9.17) is 4.42 Å². The van der Waals surface area contributed by atoms with Gasteiger partial charge in [0.15, 0.2) is 5.76 Å². The Kier molecular flexibility index (Phi) is 5.18. The summed E-state index contributed by atoms with van der Waals surface area (Å²) in [5, 5.41) is 4.09. The number of halogens is 1. The molecule has 1 aliphatic rings. The van der Waals surface area contributed by atoms with Crippen LogP contribution >= 0.6 is 0 Å². The first kappa shape index (κ1) is 18.7. The summed E-state index contributed by atoms with van der Waals surface area (Å²) < 4.78 is 19.8. The number of furan rings is 1. The quantitative estimate of drug-likeness (QED) is 0.720. The summed E-state index contributed by atoms with van der Waals surface area (Å²) in [5.74, 6) is 0.0257. The zero-order chi connectivity index (χ0) is 19.7. The SMILES string of the molecule is Cc1ccc2c(C)c(C(=O)N[C@H]3CCCN(Cc4ccccc4F)C3)oc2c1. The standard InChI is InChI=1S/C23H25FN2O2/c1-15-9-10-19-16(2)22(28-21(19)12-15)23(27)25-18-7-5-11-26(14-18)13-17-6-3-4-8-20(17)24/h3-4,6,8-10,12,18H,5,7,11,13-14H2,1-2H3,(H,25,27)/t18-/m0/s1. The van der Waals surface area contributed by atoms with Gasteiger partial charge in [-0.15, -0.1) is 0 Å². The third-order valence-corrected chi connectivity index (χ3v) is 5.49. The highest BCUT2D eigenvalue weighted by Crippen LogP contribution is 2.26. The molecule has 1 atom stereocenters. The fourth-order valence-corrected chi connectivity index (χ4v) is 3.98. The summed E-state index contributed by atoms with van der Waals surface area (Å²) in [5.41, 5.74) is 3.40. The van der Waals surface area contributed by atoms with Crippen LogP contribution in [0.5, 0.6) is 0 Å². The van der Waals surface area contributed by atoms with Crippen LogP contribution in [0.15, 0.2) is 46.9 Å². The molecule has 5 heteroatoms. The Bertz CT molecular complexity index is 1010. The third kappa shape index (κ3) is 3.80. The van der Waals surface area contributed by atoms with Crippen LogP contribution in [0.2, 0.25) is 0 Å². The van der Waals surface area contributed by atoms with Gasteiger partial charge in [0.2, 0.25) is 0 Å². The second-order valence-corrected chi connectivity index (χ2v) is 7.69. The van der Waals surface area contributed by atoms with E-state index < -0.39 is 0 Å². The molecule has 146 valence electrons. The summed E-state index contributed by atoms with van der Waals surface area (Å²) in [6, 6.07) is 12.9. The molecule has 3 aromatic rings. The van der Waals surface area contributed by atoms with Crippen LogP contribution in [-0.4, -0.2) is 29.9 Å². The molecule has 0 unspecified atom stereocenters. The maximum Gasteiger partial charge on any atom is 0.287 e. The molecule has 28 heavy (non-hydrogen) atoms. The van der Waals surface area contributed by atoms with Crippen LogP contribution in [-0.2, 0) is 6.54 Å². The van der Waals surface area contributed by atoms with Crippen molar-refractivity contribution >= 4 is 16.9 Å². The van der Waals surface area contributed by atoms with Crippen LogP contribution in [0.3, 0.4) is 0 Å². The number of rotatable bonds is 4. The van der Waals surface area contributed by atoms with Crippen molar-refractivity contribution < 1.29 is 13.6 Å². The molecule has 0 bridgehead atoms. The maximum absolute atomic E-state index is 13.9. The number of piperidine rings is 1. The Hall–Kier alpha value is -2.66. The summed E-state index contributed by atoms with van der Waals surface area (Å²) in [4.78, 5) is 15.0. The van der Waals surface area contributed by atoms with Gasteiger partial charge in [-0.25, -0.2) is 4.39 Å². The van der Waals surface area contributed by atoms with E-state index in [2.05, 4.69) is 10.2 Å². The van der Waals surface area contributed by atoms with Crippen LogP contribution in [0, 0.1) is 19.7 Å². The lowest BCUT2D eigenvalue weighted by Crippen LogP contribution is -2.47. The van der Waals surface area contributed by atoms with Gasteiger partial charge in [-0.1, -0.05) is 30.3 Å². The number of carbonyl (C=O) groups is 1. The van der Waals surface area contributed by atoms with Gasteiger partial charge in [0, 0.05) is 35.6 Å². The van der Waals surface area contributed by atoms with Crippen LogP contribution in [0.25, 0.3) is 11.0 Å². The molecule has 0 spiro atoms. The lowest BCUT2D eigenvalue weighted by molar-refractivity contribution is 0.0873. The predicted molar refractivity (Wildman–Crippen MR) is 108 cm³/mol. The van der Waals surface area contributed by atoms with Gasteiger partial charge in [0.25, 0.3) is 5.91 Å². The van der Waals surface area contributed by atoms with Crippen LogP contribution < -0.4 is 5.32 Å². The van der Waals surface area contributed by atoms with Crippen molar-refractivity contribution in [1.82, 2.24) is 10.2 Å². The molecular weight excluding hydrogens is 355 g/mol. The lowest BCUT2D eigenvalue weighted by Gasteiger charge is -2.33. The second-order valence-electron chi connectivity index (χ2n) is 7.69. The van der Waals surface area contributed by atoms with Gasteiger partial charge in [0.1, 0.15) is 11.4 Å². The highest BCUT2D eigenvalue weighted by molar-refractivity contribution is 5.99. The van der Waals surface area contributed by atoms with Crippen molar-refractivity contribution in [2.75, 3.05) is 13.1 Å². The van der Waals surface area contributed by atoms with E-state index in [1.807, 2.05) is 44.2 Å². The van der Waals surface area contributed by atoms with E-state index in [1.165, 1.54) is 6.07 Å². The molecule has 0 saturated carbocycles. The normalized spacial score (nSPS) is 17.8. The molecule has 1 fully saturated rings. The Labute approximate surface area is 164 Å². The highest BCUT2D eigenvalue weighted by Gasteiger charge is 2.25. The van der Waals surface area contributed by atoms with Gasteiger partial charge in [-0.2, -0.15) is 0 Å². The average molecular weight is 380 g/mol. The smallest absolute Gasteiger partial charge is 0.287 e. The largest absolute Gasteiger partial charge is 0.451 e. The van der Waals surface area contributed by atoms with Gasteiger partial charge in [0.05, 0.1) is 0 Å². The number of benzene rings is 2.